The Labute approximate surface area is 141 Å². The molecule has 3 atom stereocenters. The first-order valence-electron chi connectivity index (χ1n) is 7.66. The lowest BCUT2D eigenvalue weighted by molar-refractivity contribution is -0.0537. The molecule has 1 aromatic rings. The van der Waals surface area contributed by atoms with Crippen LogP contribution in [-0.2, 0) is 4.74 Å². The second-order valence-corrected chi connectivity index (χ2v) is 6.06. The molecule has 0 radical (unpaired) electrons. The molecule has 2 N–H and O–H groups in total. The van der Waals surface area contributed by atoms with Crippen LogP contribution in [0, 0.1) is 5.92 Å². The largest absolute Gasteiger partial charge is 0.493 e. The van der Waals surface area contributed by atoms with Crippen LogP contribution >= 0.6 is 12.2 Å². The molecular weight excluding hydrogens is 316 g/mol. The van der Waals surface area contributed by atoms with Crippen molar-refractivity contribution >= 4 is 17.3 Å². The summed E-state index contributed by atoms with van der Waals surface area (Å²) in [5, 5.41) is 7.17. The number of hydrogen-bond acceptors (Lipinski definition) is 5. The van der Waals surface area contributed by atoms with Gasteiger partial charge in [-0.3, -0.25) is 0 Å². The molecule has 0 saturated carbocycles. The Morgan fingerprint density at radius 1 is 1.09 bits per heavy atom. The summed E-state index contributed by atoms with van der Waals surface area (Å²) in [5.41, 5.74) is 1.05. The van der Waals surface area contributed by atoms with Gasteiger partial charge in [-0.1, -0.05) is 0 Å². The van der Waals surface area contributed by atoms with E-state index >= 15 is 0 Å². The standard InChI is InChI=1S/C16H22N2O4S/c1-19-11-7-9(8-12(20-2)14(11)21-3)13-10-5-4-6-22-15(10)18-16(23)17-13/h7-8,10,13,15H,4-6H2,1-3H3,(H2,17,18,23)/t10-,13-,15-/m0/s1. The number of rotatable bonds is 4. The van der Waals surface area contributed by atoms with Gasteiger partial charge in [-0.15, -0.1) is 0 Å². The Morgan fingerprint density at radius 2 is 1.78 bits per heavy atom. The van der Waals surface area contributed by atoms with E-state index in [1.165, 1.54) is 0 Å². The highest BCUT2D eigenvalue weighted by Crippen LogP contribution is 2.43. The van der Waals surface area contributed by atoms with Crippen LogP contribution < -0.4 is 24.8 Å². The lowest BCUT2D eigenvalue weighted by atomic mass is 9.85. The number of methoxy groups -OCH3 is 3. The first-order valence-corrected chi connectivity index (χ1v) is 8.07. The van der Waals surface area contributed by atoms with Crippen molar-refractivity contribution in [3.63, 3.8) is 0 Å². The molecule has 0 bridgehead atoms. The third kappa shape index (κ3) is 3.03. The minimum absolute atomic E-state index is 0.0442. The van der Waals surface area contributed by atoms with Crippen molar-refractivity contribution in [1.29, 1.82) is 0 Å². The number of thiocarbonyl (C=S) groups is 1. The molecule has 0 unspecified atom stereocenters. The molecule has 6 nitrogen and oxygen atoms in total. The Balaban J connectivity index is 2.00. The summed E-state index contributed by atoms with van der Waals surface area (Å²) in [6, 6.07) is 3.99. The number of hydrogen-bond donors (Lipinski definition) is 2. The maximum absolute atomic E-state index is 5.84. The lowest BCUT2D eigenvalue weighted by Gasteiger charge is -2.43. The maximum Gasteiger partial charge on any atom is 0.203 e. The summed E-state index contributed by atoms with van der Waals surface area (Å²) < 4.78 is 22.2. The van der Waals surface area contributed by atoms with Crippen molar-refractivity contribution < 1.29 is 18.9 Å². The molecule has 2 aliphatic rings. The Hall–Kier alpha value is -1.73. The normalized spacial score (nSPS) is 26.6. The average molecular weight is 338 g/mol. The Morgan fingerprint density at radius 3 is 2.39 bits per heavy atom. The zero-order valence-electron chi connectivity index (χ0n) is 13.5. The van der Waals surface area contributed by atoms with Gasteiger partial charge < -0.3 is 29.6 Å². The average Bonchev–Trinajstić information content (AvgIpc) is 2.59. The molecule has 2 heterocycles. The zero-order valence-corrected chi connectivity index (χ0v) is 14.4. The van der Waals surface area contributed by atoms with Gasteiger partial charge in [-0.05, 0) is 42.8 Å². The van der Waals surface area contributed by atoms with Crippen LogP contribution in [0.1, 0.15) is 24.4 Å². The molecule has 0 spiro atoms. The van der Waals surface area contributed by atoms with Gasteiger partial charge in [-0.2, -0.15) is 0 Å². The molecule has 7 heteroatoms. The molecular formula is C16H22N2O4S. The van der Waals surface area contributed by atoms with Crippen molar-refractivity contribution in [2.45, 2.75) is 25.1 Å². The fourth-order valence-electron chi connectivity index (χ4n) is 3.33. The van der Waals surface area contributed by atoms with E-state index in [1.54, 1.807) is 21.3 Å². The highest BCUT2D eigenvalue weighted by molar-refractivity contribution is 7.80. The highest BCUT2D eigenvalue weighted by Gasteiger charge is 2.39. The van der Waals surface area contributed by atoms with E-state index in [-0.39, 0.29) is 12.3 Å². The first-order chi connectivity index (χ1) is 11.2. The monoisotopic (exact) mass is 338 g/mol. The zero-order chi connectivity index (χ0) is 16.4. The highest BCUT2D eigenvalue weighted by atomic mass is 32.1. The minimum atomic E-state index is -0.0541. The van der Waals surface area contributed by atoms with E-state index in [0.29, 0.717) is 28.3 Å². The summed E-state index contributed by atoms with van der Waals surface area (Å²) in [5.74, 6) is 2.16. The fourth-order valence-corrected chi connectivity index (χ4v) is 3.57. The van der Waals surface area contributed by atoms with E-state index < -0.39 is 0 Å². The molecule has 0 amide bonds. The van der Waals surface area contributed by atoms with Crippen LogP contribution in [0.3, 0.4) is 0 Å². The molecule has 1 aromatic carbocycles. The van der Waals surface area contributed by atoms with Crippen LogP contribution in [0.5, 0.6) is 17.2 Å². The molecule has 126 valence electrons. The number of benzene rings is 1. The lowest BCUT2D eigenvalue weighted by Crippen LogP contribution is -2.58. The number of fused-ring (bicyclic) bond motifs is 1. The Kier molecular flexibility index (Phi) is 4.77. The van der Waals surface area contributed by atoms with E-state index in [4.69, 9.17) is 31.2 Å². The second kappa shape index (κ2) is 6.80. The van der Waals surface area contributed by atoms with Crippen LogP contribution in [0.4, 0.5) is 0 Å². The summed E-state index contributed by atoms with van der Waals surface area (Å²) in [7, 11) is 4.84. The summed E-state index contributed by atoms with van der Waals surface area (Å²) in [6.07, 6.45) is 2.05. The molecule has 2 saturated heterocycles. The molecule has 0 aliphatic carbocycles. The SMILES string of the molecule is COc1cc([C@@H]2NC(=S)N[C@H]3OCCC[C@H]32)cc(OC)c1OC. The van der Waals surface area contributed by atoms with Gasteiger partial charge in [0.1, 0.15) is 6.23 Å². The van der Waals surface area contributed by atoms with Crippen LogP contribution in [0.25, 0.3) is 0 Å². The second-order valence-electron chi connectivity index (χ2n) is 5.65. The molecule has 2 fully saturated rings. The van der Waals surface area contributed by atoms with Gasteiger partial charge in [0.15, 0.2) is 16.6 Å². The van der Waals surface area contributed by atoms with Gasteiger partial charge in [0.25, 0.3) is 0 Å². The topological polar surface area (TPSA) is 61.0 Å². The van der Waals surface area contributed by atoms with E-state index in [1.807, 2.05) is 12.1 Å². The van der Waals surface area contributed by atoms with E-state index in [0.717, 1.165) is 25.0 Å². The van der Waals surface area contributed by atoms with Gasteiger partial charge in [0.05, 0.1) is 27.4 Å². The summed E-state index contributed by atoms with van der Waals surface area (Å²) in [4.78, 5) is 0. The molecule has 23 heavy (non-hydrogen) atoms. The number of ether oxygens (including phenoxy) is 4. The summed E-state index contributed by atoms with van der Waals surface area (Å²) >= 11 is 5.33. The smallest absolute Gasteiger partial charge is 0.203 e. The molecule has 2 aliphatic heterocycles. The van der Waals surface area contributed by atoms with Crippen molar-refractivity contribution in [1.82, 2.24) is 10.6 Å². The molecule has 3 rings (SSSR count). The predicted octanol–water partition coefficient (Wildman–Crippen LogP) is 1.98. The minimum Gasteiger partial charge on any atom is -0.493 e. The van der Waals surface area contributed by atoms with E-state index in [9.17, 15) is 0 Å². The van der Waals surface area contributed by atoms with Crippen molar-refractivity contribution in [3.8, 4) is 17.2 Å². The quantitative estimate of drug-likeness (QED) is 0.814. The Bertz CT molecular complexity index is 570. The summed E-state index contributed by atoms with van der Waals surface area (Å²) in [6.45, 7) is 0.763. The van der Waals surface area contributed by atoms with Crippen molar-refractivity contribution in [2.24, 2.45) is 5.92 Å². The van der Waals surface area contributed by atoms with Crippen LogP contribution in [0.15, 0.2) is 12.1 Å². The number of nitrogens with one attached hydrogen (secondary N) is 2. The fraction of sp³-hybridized carbons (Fsp3) is 0.562. The first kappa shape index (κ1) is 16.1. The van der Waals surface area contributed by atoms with Gasteiger partial charge >= 0.3 is 0 Å². The van der Waals surface area contributed by atoms with Crippen molar-refractivity contribution in [2.75, 3.05) is 27.9 Å². The van der Waals surface area contributed by atoms with Gasteiger partial charge in [0, 0.05) is 12.5 Å². The van der Waals surface area contributed by atoms with E-state index in [2.05, 4.69) is 10.6 Å². The van der Waals surface area contributed by atoms with Gasteiger partial charge in [-0.25, -0.2) is 0 Å². The maximum atomic E-state index is 5.84. The predicted molar refractivity (Wildman–Crippen MR) is 90.2 cm³/mol. The third-order valence-electron chi connectivity index (χ3n) is 4.40. The third-order valence-corrected chi connectivity index (χ3v) is 4.64. The van der Waals surface area contributed by atoms with Gasteiger partial charge in [0.2, 0.25) is 5.75 Å². The van der Waals surface area contributed by atoms with Crippen LogP contribution in [0.2, 0.25) is 0 Å². The van der Waals surface area contributed by atoms with Crippen LogP contribution in [-0.4, -0.2) is 39.3 Å². The molecule has 0 aromatic heterocycles. The van der Waals surface area contributed by atoms with Crippen molar-refractivity contribution in [3.05, 3.63) is 17.7 Å².